The number of nitrogens with two attached hydrogens (primary N) is 1. The van der Waals surface area contributed by atoms with Crippen LogP contribution < -0.4 is 10.5 Å². The van der Waals surface area contributed by atoms with Crippen molar-refractivity contribution in [3.05, 3.63) is 29.8 Å². The Morgan fingerprint density at radius 2 is 1.89 bits per heavy atom. The standard InChI is InChI=1S/C16H23NO/c1-18-12-8-5-11(6-9-12)7-10-15(17)16-13-3-2-4-14(13)16/h5-6,8-9,13-16H,2-4,7,10,17H2,1H3. The second-order valence-corrected chi connectivity index (χ2v) is 5.89. The average Bonchev–Trinajstić information content (AvgIpc) is 2.90. The SMILES string of the molecule is COc1ccc(CCC(N)C2C3CCCC32)cc1. The van der Waals surface area contributed by atoms with E-state index in [-0.39, 0.29) is 0 Å². The molecule has 98 valence electrons. The third-order valence-corrected chi connectivity index (χ3v) is 4.89. The lowest BCUT2D eigenvalue weighted by Gasteiger charge is -2.13. The van der Waals surface area contributed by atoms with Crippen LogP contribution in [0.1, 0.15) is 31.2 Å². The second kappa shape index (κ2) is 4.93. The Balaban J connectivity index is 1.48. The molecule has 2 heteroatoms. The molecule has 2 nitrogen and oxygen atoms in total. The average molecular weight is 245 g/mol. The summed E-state index contributed by atoms with van der Waals surface area (Å²) in [4.78, 5) is 0. The first-order valence-corrected chi connectivity index (χ1v) is 7.18. The summed E-state index contributed by atoms with van der Waals surface area (Å²) in [5, 5.41) is 0. The molecule has 0 aromatic heterocycles. The lowest BCUT2D eigenvalue weighted by atomic mass is 9.98. The quantitative estimate of drug-likeness (QED) is 0.865. The fraction of sp³-hybridized carbons (Fsp3) is 0.625. The minimum absolute atomic E-state index is 0.419. The van der Waals surface area contributed by atoms with Crippen LogP contribution in [-0.4, -0.2) is 13.2 Å². The third kappa shape index (κ3) is 2.26. The molecule has 3 atom stereocenters. The van der Waals surface area contributed by atoms with E-state index < -0.39 is 0 Å². The Morgan fingerprint density at radius 3 is 2.50 bits per heavy atom. The van der Waals surface area contributed by atoms with Gasteiger partial charge in [0.05, 0.1) is 7.11 Å². The van der Waals surface area contributed by atoms with E-state index in [0.717, 1.165) is 36.3 Å². The summed E-state index contributed by atoms with van der Waals surface area (Å²) in [6.45, 7) is 0. The van der Waals surface area contributed by atoms with Crippen LogP contribution in [0.3, 0.4) is 0 Å². The van der Waals surface area contributed by atoms with E-state index in [9.17, 15) is 0 Å². The van der Waals surface area contributed by atoms with Gasteiger partial charge in [0.2, 0.25) is 0 Å². The number of aryl methyl sites for hydroxylation is 1. The molecule has 2 aliphatic rings. The van der Waals surface area contributed by atoms with Crippen molar-refractivity contribution in [2.75, 3.05) is 7.11 Å². The third-order valence-electron chi connectivity index (χ3n) is 4.89. The molecule has 2 saturated carbocycles. The zero-order valence-electron chi connectivity index (χ0n) is 11.1. The molecule has 18 heavy (non-hydrogen) atoms. The van der Waals surface area contributed by atoms with Crippen LogP contribution in [0.15, 0.2) is 24.3 Å². The van der Waals surface area contributed by atoms with Crippen molar-refractivity contribution in [3.63, 3.8) is 0 Å². The zero-order chi connectivity index (χ0) is 12.5. The minimum atomic E-state index is 0.419. The fourth-order valence-corrected chi connectivity index (χ4v) is 3.83. The molecule has 0 saturated heterocycles. The molecule has 3 rings (SSSR count). The van der Waals surface area contributed by atoms with E-state index in [1.165, 1.54) is 24.8 Å². The maximum absolute atomic E-state index is 6.35. The highest BCUT2D eigenvalue weighted by Gasteiger charge is 2.54. The molecule has 0 radical (unpaired) electrons. The summed E-state index contributed by atoms with van der Waals surface area (Å²) in [5.74, 6) is 3.74. The van der Waals surface area contributed by atoms with E-state index in [4.69, 9.17) is 10.5 Å². The summed E-state index contributed by atoms with van der Waals surface area (Å²) >= 11 is 0. The number of methoxy groups -OCH3 is 1. The van der Waals surface area contributed by atoms with Gasteiger partial charge in [0.1, 0.15) is 5.75 Å². The monoisotopic (exact) mass is 245 g/mol. The van der Waals surface area contributed by atoms with Gasteiger partial charge in [-0.3, -0.25) is 0 Å². The predicted octanol–water partition coefficient (Wildman–Crippen LogP) is 3.00. The van der Waals surface area contributed by atoms with Crippen LogP contribution in [0.5, 0.6) is 5.75 Å². The van der Waals surface area contributed by atoms with Crippen molar-refractivity contribution in [2.24, 2.45) is 23.5 Å². The van der Waals surface area contributed by atoms with Gasteiger partial charge >= 0.3 is 0 Å². The maximum atomic E-state index is 6.35. The number of rotatable bonds is 5. The van der Waals surface area contributed by atoms with Gasteiger partial charge in [-0.25, -0.2) is 0 Å². The molecule has 3 unspecified atom stereocenters. The van der Waals surface area contributed by atoms with Gasteiger partial charge in [-0.2, -0.15) is 0 Å². The fourth-order valence-electron chi connectivity index (χ4n) is 3.83. The van der Waals surface area contributed by atoms with Gasteiger partial charge in [0.15, 0.2) is 0 Å². The van der Waals surface area contributed by atoms with Crippen LogP contribution in [0, 0.1) is 17.8 Å². The molecule has 0 amide bonds. The normalized spacial score (nSPS) is 30.9. The van der Waals surface area contributed by atoms with Crippen LogP contribution in [-0.2, 0) is 6.42 Å². The van der Waals surface area contributed by atoms with Crippen molar-refractivity contribution in [2.45, 2.75) is 38.1 Å². The summed E-state index contributed by atoms with van der Waals surface area (Å²) in [6.07, 6.45) is 6.54. The number of fused-ring (bicyclic) bond motifs is 1. The Kier molecular flexibility index (Phi) is 3.29. The van der Waals surface area contributed by atoms with Crippen LogP contribution in [0.25, 0.3) is 0 Å². The smallest absolute Gasteiger partial charge is 0.118 e. The van der Waals surface area contributed by atoms with E-state index in [1.54, 1.807) is 7.11 Å². The molecule has 2 N–H and O–H groups in total. The molecule has 0 heterocycles. The highest BCUT2D eigenvalue weighted by Crippen LogP contribution is 2.59. The molecule has 0 bridgehead atoms. The molecule has 1 aromatic rings. The lowest BCUT2D eigenvalue weighted by Crippen LogP contribution is -2.25. The largest absolute Gasteiger partial charge is 0.497 e. The number of benzene rings is 1. The predicted molar refractivity (Wildman–Crippen MR) is 73.6 cm³/mol. The van der Waals surface area contributed by atoms with E-state index in [2.05, 4.69) is 12.1 Å². The molecule has 2 aliphatic carbocycles. The van der Waals surface area contributed by atoms with Crippen molar-refractivity contribution >= 4 is 0 Å². The first-order chi connectivity index (χ1) is 8.79. The van der Waals surface area contributed by atoms with Gasteiger partial charge in [-0.05, 0) is 61.1 Å². The van der Waals surface area contributed by atoms with E-state index >= 15 is 0 Å². The number of hydrogen-bond donors (Lipinski definition) is 1. The summed E-state index contributed by atoms with van der Waals surface area (Å²) in [7, 11) is 1.71. The highest BCUT2D eigenvalue weighted by molar-refractivity contribution is 5.27. The molecule has 0 aliphatic heterocycles. The van der Waals surface area contributed by atoms with Crippen molar-refractivity contribution in [1.29, 1.82) is 0 Å². The second-order valence-electron chi connectivity index (χ2n) is 5.89. The van der Waals surface area contributed by atoms with E-state index in [1.807, 2.05) is 12.1 Å². The molecule has 2 fully saturated rings. The molecular formula is C16H23NO. The number of ether oxygens (including phenoxy) is 1. The first-order valence-electron chi connectivity index (χ1n) is 7.18. The van der Waals surface area contributed by atoms with Crippen LogP contribution in [0.2, 0.25) is 0 Å². The maximum Gasteiger partial charge on any atom is 0.118 e. The van der Waals surface area contributed by atoms with Crippen LogP contribution in [0.4, 0.5) is 0 Å². The first kappa shape index (κ1) is 12.0. The topological polar surface area (TPSA) is 35.2 Å². The van der Waals surface area contributed by atoms with Gasteiger partial charge < -0.3 is 10.5 Å². The Bertz CT molecular complexity index is 390. The molecular weight excluding hydrogens is 222 g/mol. The van der Waals surface area contributed by atoms with E-state index in [0.29, 0.717) is 6.04 Å². The summed E-state index contributed by atoms with van der Waals surface area (Å²) in [6, 6.07) is 8.79. The molecule has 0 spiro atoms. The zero-order valence-corrected chi connectivity index (χ0v) is 11.1. The Labute approximate surface area is 110 Å². The van der Waals surface area contributed by atoms with Crippen molar-refractivity contribution < 1.29 is 4.74 Å². The van der Waals surface area contributed by atoms with Gasteiger partial charge in [-0.1, -0.05) is 18.6 Å². The van der Waals surface area contributed by atoms with Crippen molar-refractivity contribution in [1.82, 2.24) is 0 Å². The van der Waals surface area contributed by atoms with Gasteiger partial charge in [0, 0.05) is 6.04 Å². The van der Waals surface area contributed by atoms with Crippen LogP contribution >= 0.6 is 0 Å². The van der Waals surface area contributed by atoms with Gasteiger partial charge in [0.25, 0.3) is 0 Å². The summed E-state index contributed by atoms with van der Waals surface area (Å²) < 4.78 is 5.17. The highest BCUT2D eigenvalue weighted by atomic mass is 16.5. The molecule has 1 aromatic carbocycles. The minimum Gasteiger partial charge on any atom is -0.497 e. The Morgan fingerprint density at radius 1 is 1.22 bits per heavy atom. The van der Waals surface area contributed by atoms with Gasteiger partial charge in [-0.15, -0.1) is 0 Å². The lowest BCUT2D eigenvalue weighted by molar-refractivity contribution is 0.414. The van der Waals surface area contributed by atoms with Crippen molar-refractivity contribution in [3.8, 4) is 5.75 Å². The number of hydrogen-bond acceptors (Lipinski definition) is 2. The summed E-state index contributed by atoms with van der Waals surface area (Å²) in [5.41, 5.74) is 7.72. The Hall–Kier alpha value is -1.02.